The molecular formula is C16H25NO5. The van der Waals surface area contributed by atoms with Crippen molar-refractivity contribution in [1.82, 2.24) is 4.90 Å². The maximum atomic E-state index is 5.76. The number of hydrogen-bond acceptors (Lipinski definition) is 6. The maximum Gasteiger partial charge on any atom is 0.203 e. The number of rotatable bonds is 8. The van der Waals surface area contributed by atoms with Crippen LogP contribution in [0, 0.1) is 0 Å². The number of ether oxygens (including phenoxy) is 5. The Kier molecular flexibility index (Phi) is 6.76. The fourth-order valence-corrected chi connectivity index (χ4v) is 2.43. The van der Waals surface area contributed by atoms with Gasteiger partial charge in [0.05, 0.1) is 47.8 Å². The zero-order valence-electron chi connectivity index (χ0n) is 13.6. The van der Waals surface area contributed by atoms with Gasteiger partial charge in [0, 0.05) is 19.6 Å². The Balaban J connectivity index is 1.86. The summed E-state index contributed by atoms with van der Waals surface area (Å²) in [5.74, 6) is 1.89. The minimum absolute atomic E-state index is 0.515. The van der Waals surface area contributed by atoms with E-state index in [4.69, 9.17) is 23.7 Å². The Morgan fingerprint density at radius 1 is 1.00 bits per heavy atom. The molecule has 22 heavy (non-hydrogen) atoms. The highest BCUT2D eigenvalue weighted by molar-refractivity contribution is 5.53. The third kappa shape index (κ3) is 4.50. The molecule has 0 amide bonds. The van der Waals surface area contributed by atoms with E-state index < -0.39 is 0 Å². The maximum absolute atomic E-state index is 5.76. The summed E-state index contributed by atoms with van der Waals surface area (Å²) in [4.78, 5) is 2.35. The topological polar surface area (TPSA) is 49.4 Å². The minimum Gasteiger partial charge on any atom is -0.493 e. The molecular weight excluding hydrogens is 286 g/mol. The van der Waals surface area contributed by atoms with Crippen molar-refractivity contribution < 1.29 is 23.7 Å². The predicted octanol–water partition coefficient (Wildman–Crippen LogP) is 1.56. The monoisotopic (exact) mass is 311 g/mol. The van der Waals surface area contributed by atoms with Gasteiger partial charge in [-0.1, -0.05) is 0 Å². The van der Waals surface area contributed by atoms with Gasteiger partial charge < -0.3 is 23.7 Å². The molecule has 0 N–H and O–H groups in total. The fraction of sp³-hybridized carbons (Fsp3) is 0.625. The summed E-state index contributed by atoms with van der Waals surface area (Å²) < 4.78 is 27.1. The number of hydrogen-bond donors (Lipinski definition) is 0. The van der Waals surface area contributed by atoms with Gasteiger partial charge in [0.15, 0.2) is 11.5 Å². The Labute approximate surface area is 131 Å². The Morgan fingerprint density at radius 3 is 2.18 bits per heavy atom. The van der Waals surface area contributed by atoms with E-state index in [2.05, 4.69) is 4.90 Å². The van der Waals surface area contributed by atoms with Crippen molar-refractivity contribution in [3.63, 3.8) is 0 Å². The molecule has 1 fully saturated rings. The van der Waals surface area contributed by atoms with Crippen LogP contribution in [0.15, 0.2) is 12.1 Å². The average Bonchev–Trinajstić information content (AvgIpc) is 2.58. The van der Waals surface area contributed by atoms with Crippen molar-refractivity contribution in [2.75, 3.05) is 60.8 Å². The smallest absolute Gasteiger partial charge is 0.203 e. The highest BCUT2D eigenvalue weighted by Gasteiger charge is 2.13. The summed E-state index contributed by atoms with van der Waals surface area (Å²) in [6, 6.07) is 3.83. The van der Waals surface area contributed by atoms with E-state index >= 15 is 0 Å². The quantitative estimate of drug-likeness (QED) is 0.679. The van der Waals surface area contributed by atoms with Crippen LogP contribution in [0.1, 0.15) is 5.56 Å². The van der Waals surface area contributed by atoms with Crippen molar-refractivity contribution in [1.29, 1.82) is 0 Å². The summed E-state index contributed by atoms with van der Waals surface area (Å²) in [6.45, 7) is 5.71. The molecule has 6 nitrogen and oxygen atoms in total. The van der Waals surface area contributed by atoms with Gasteiger partial charge in [0.2, 0.25) is 5.75 Å². The fourth-order valence-electron chi connectivity index (χ4n) is 2.43. The number of methoxy groups -OCH3 is 3. The van der Waals surface area contributed by atoms with Crippen molar-refractivity contribution >= 4 is 0 Å². The molecule has 1 aliphatic rings. The normalized spacial score (nSPS) is 15.6. The van der Waals surface area contributed by atoms with Gasteiger partial charge in [-0.05, 0) is 17.7 Å². The van der Waals surface area contributed by atoms with E-state index in [0.29, 0.717) is 30.5 Å². The first-order chi connectivity index (χ1) is 10.8. The van der Waals surface area contributed by atoms with Gasteiger partial charge in [-0.15, -0.1) is 0 Å². The first kappa shape index (κ1) is 16.9. The SMILES string of the molecule is COc1cc(COCCN2CCOCC2)cc(OC)c1OC. The van der Waals surface area contributed by atoms with Crippen LogP contribution in [0.3, 0.4) is 0 Å². The molecule has 0 saturated carbocycles. The van der Waals surface area contributed by atoms with E-state index in [0.717, 1.165) is 38.4 Å². The molecule has 0 bridgehead atoms. The van der Waals surface area contributed by atoms with Crippen LogP contribution in [0.2, 0.25) is 0 Å². The molecule has 2 rings (SSSR count). The second-order valence-corrected chi connectivity index (χ2v) is 5.04. The van der Waals surface area contributed by atoms with Crippen LogP contribution in [0.5, 0.6) is 17.2 Å². The van der Waals surface area contributed by atoms with Gasteiger partial charge >= 0.3 is 0 Å². The lowest BCUT2D eigenvalue weighted by molar-refractivity contribution is 0.0180. The largest absolute Gasteiger partial charge is 0.493 e. The number of morpholine rings is 1. The third-order valence-corrected chi connectivity index (χ3v) is 3.65. The molecule has 1 aromatic rings. The second kappa shape index (κ2) is 8.82. The van der Waals surface area contributed by atoms with Crippen LogP contribution in [-0.2, 0) is 16.1 Å². The summed E-state index contributed by atoms with van der Waals surface area (Å²) in [7, 11) is 4.82. The van der Waals surface area contributed by atoms with Crippen LogP contribution >= 0.6 is 0 Å². The van der Waals surface area contributed by atoms with Gasteiger partial charge in [0.25, 0.3) is 0 Å². The molecule has 0 radical (unpaired) electrons. The first-order valence-electron chi connectivity index (χ1n) is 7.45. The molecule has 0 atom stereocenters. The summed E-state index contributed by atoms with van der Waals surface area (Å²) in [5.41, 5.74) is 0.997. The molecule has 0 aliphatic carbocycles. The summed E-state index contributed by atoms with van der Waals surface area (Å²) >= 11 is 0. The highest BCUT2D eigenvalue weighted by atomic mass is 16.5. The van der Waals surface area contributed by atoms with E-state index in [1.54, 1.807) is 21.3 Å². The van der Waals surface area contributed by atoms with E-state index in [1.807, 2.05) is 12.1 Å². The molecule has 0 aromatic heterocycles. The van der Waals surface area contributed by atoms with Gasteiger partial charge in [-0.3, -0.25) is 4.90 Å². The molecule has 1 aromatic carbocycles. The van der Waals surface area contributed by atoms with Crippen molar-refractivity contribution in [2.24, 2.45) is 0 Å². The lowest BCUT2D eigenvalue weighted by Gasteiger charge is -2.26. The van der Waals surface area contributed by atoms with Gasteiger partial charge in [-0.25, -0.2) is 0 Å². The zero-order valence-corrected chi connectivity index (χ0v) is 13.6. The molecule has 124 valence electrons. The van der Waals surface area contributed by atoms with E-state index in [1.165, 1.54) is 0 Å². The third-order valence-electron chi connectivity index (χ3n) is 3.65. The zero-order chi connectivity index (χ0) is 15.8. The van der Waals surface area contributed by atoms with Crippen molar-refractivity contribution in [3.05, 3.63) is 17.7 Å². The summed E-state index contributed by atoms with van der Waals surface area (Å²) in [5, 5.41) is 0. The lowest BCUT2D eigenvalue weighted by Crippen LogP contribution is -2.38. The molecule has 1 aliphatic heterocycles. The average molecular weight is 311 g/mol. The van der Waals surface area contributed by atoms with Crippen LogP contribution in [0.25, 0.3) is 0 Å². The standard InChI is InChI=1S/C16H25NO5/c1-18-14-10-13(11-15(19-2)16(14)20-3)12-22-9-6-17-4-7-21-8-5-17/h10-11H,4-9,12H2,1-3H3. The van der Waals surface area contributed by atoms with Crippen LogP contribution < -0.4 is 14.2 Å². The summed E-state index contributed by atoms with van der Waals surface area (Å²) in [6.07, 6.45) is 0. The predicted molar refractivity (Wildman–Crippen MR) is 83.0 cm³/mol. The van der Waals surface area contributed by atoms with Crippen LogP contribution in [0.4, 0.5) is 0 Å². The minimum atomic E-state index is 0.515. The second-order valence-electron chi connectivity index (χ2n) is 5.04. The molecule has 0 unspecified atom stereocenters. The highest BCUT2D eigenvalue weighted by Crippen LogP contribution is 2.38. The Hall–Kier alpha value is -1.50. The van der Waals surface area contributed by atoms with E-state index in [9.17, 15) is 0 Å². The molecule has 0 spiro atoms. The van der Waals surface area contributed by atoms with Crippen molar-refractivity contribution in [2.45, 2.75) is 6.61 Å². The van der Waals surface area contributed by atoms with Gasteiger partial charge in [0.1, 0.15) is 0 Å². The number of nitrogens with zero attached hydrogens (tertiary/aromatic N) is 1. The first-order valence-corrected chi connectivity index (χ1v) is 7.45. The molecule has 1 saturated heterocycles. The Bertz CT molecular complexity index is 435. The van der Waals surface area contributed by atoms with Gasteiger partial charge in [-0.2, -0.15) is 0 Å². The number of benzene rings is 1. The van der Waals surface area contributed by atoms with Crippen LogP contribution in [-0.4, -0.2) is 65.7 Å². The van der Waals surface area contributed by atoms with E-state index in [-0.39, 0.29) is 0 Å². The Morgan fingerprint density at radius 2 is 1.64 bits per heavy atom. The van der Waals surface area contributed by atoms with Crippen molar-refractivity contribution in [3.8, 4) is 17.2 Å². The molecule has 1 heterocycles. The lowest BCUT2D eigenvalue weighted by atomic mass is 10.2. The molecule has 6 heteroatoms.